The minimum Gasteiger partial charge on any atom is -0.493 e. The Morgan fingerprint density at radius 3 is 3.09 bits per heavy atom. The third-order valence-electron chi connectivity index (χ3n) is 3.36. The Morgan fingerprint density at radius 1 is 1.55 bits per heavy atom. The maximum atomic E-state index is 5.76. The molecule has 0 unspecified atom stereocenters. The maximum Gasteiger partial charge on any atom is 0.216 e. The van der Waals surface area contributed by atoms with Gasteiger partial charge >= 0.3 is 0 Å². The van der Waals surface area contributed by atoms with E-state index in [1.165, 1.54) is 0 Å². The molecule has 1 heterocycles. The van der Waals surface area contributed by atoms with Crippen molar-refractivity contribution in [2.75, 3.05) is 6.61 Å². The van der Waals surface area contributed by atoms with Crippen LogP contribution in [0, 0.1) is 4.77 Å². The van der Waals surface area contributed by atoms with E-state index < -0.39 is 0 Å². The molecular formula is C15H17BrN4OS. The zero-order valence-corrected chi connectivity index (χ0v) is 14.7. The van der Waals surface area contributed by atoms with Crippen molar-refractivity contribution in [1.29, 1.82) is 0 Å². The molecule has 1 fully saturated rings. The summed E-state index contributed by atoms with van der Waals surface area (Å²) in [7, 11) is 0. The van der Waals surface area contributed by atoms with Crippen molar-refractivity contribution in [2.24, 2.45) is 5.10 Å². The van der Waals surface area contributed by atoms with Crippen LogP contribution in [0.3, 0.4) is 0 Å². The van der Waals surface area contributed by atoms with E-state index in [1.807, 2.05) is 18.2 Å². The van der Waals surface area contributed by atoms with E-state index in [4.69, 9.17) is 17.0 Å². The van der Waals surface area contributed by atoms with Crippen LogP contribution < -0.4 is 4.74 Å². The number of aromatic nitrogens is 3. The number of rotatable bonds is 6. The molecule has 0 bridgehead atoms. The number of nitrogens with one attached hydrogen (secondary N) is 1. The van der Waals surface area contributed by atoms with Crippen LogP contribution in [0.5, 0.6) is 5.75 Å². The Labute approximate surface area is 142 Å². The molecule has 1 aromatic heterocycles. The van der Waals surface area contributed by atoms with Gasteiger partial charge in [0.15, 0.2) is 5.82 Å². The van der Waals surface area contributed by atoms with Crippen molar-refractivity contribution in [3.05, 3.63) is 38.8 Å². The molecular weight excluding hydrogens is 364 g/mol. The van der Waals surface area contributed by atoms with Crippen LogP contribution in [0.2, 0.25) is 0 Å². The quantitative estimate of drug-likeness (QED) is 0.601. The Kier molecular flexibility index (Phi) is 4.73. The van der Waals surface area contributed by atoms with Crippen LogP contribution in [0.15, 0.2) is 27.8 Å². The monoisotopic (exact) mass is 380 g/mol. The smallest absolute Gasteiger partial charge is 0.216 e. The molecule has 1 saturated carbocycles. The van der Waals surface area contributed by atoms with Crippen LogP contribution in [0.1, 0.15) is 43.5 Å². The van der Waals surface area contributed by atoms with E-state index in [0.717, 1.165) is 40.9 Å². The molecule has 1 aromatic carbocycles. The third kappa shape index (κ3) is 3.47. The summed E-state index contributed by atoms with van der Waals surface area (Å²) in [6.45, 7) is 2.76. The van der Waals surface area contributed by atoms with E-state index in [9.17, 15) is 0 Å². The molecule has 2 aromatic rings. The molecule has 116 valence electrons. The summed E-state index contributed by atoms with van der Waals surface area (Å²) in [6, 6.07) is 5.88. The van der Waals surface area contributed by atoms with Gasteiger partial charge in [0.25, 0.3) is 0 Å². The van der Waals surface area contributed by atoms with Crippen molar-refractivity contribution in [1.82, 2.24) is 14.9 Å². The number of nitrogens with zero attached hydrogens (tertiary/aromatic N) is 3. The fourth-order valence-corrected chi connectivity index (χ4v) is 2.67. The van der Waals surface area contributed by atoms with Gasteiger partial charge in [-0.1, -0.05) is 22.9 Å². The summed E-state index contributed by atoms with van der Waals surface area (Å²) in [5.74, 6) is 2.20. The standard InChI is InChI=1S/C15H17BrN4OS/c1-2-7-21-13-6-5-12(16)8-11(13)9-17-20-14(10-3-4-10)18-19-15(20)22/h5-6,8-10H,2-4,7H2,1H3,(H,19,22)/b17-9-. The van der Waals surface area contributed by atoms with Crippen molar-refractivity contribution >= 4 is 34.4 Å². The summed E-state index contributed by atoms with van der Waals surface area (Å²) >= 11 is 8.74. The van der Waals surface area contributed by atoms with Crippen LogP contribution in [0.25, 0.3) is 0 Å². The van der Waals surface area contributed by atoms with E-state index in [1.54, 1.807) is 10.9 Å². The van der Waals surface area contributed by atoms with E-state index in [2.05, 4.69) is 38.2 Å². The predicted octanol–water partition coefficient (Wildman–Crippen LogP) is 4.25. The lowest BCUT2D eigenvalue weighted by atomic mass is 10.2. The fraction of sp³-hybridized carbons (Fsp3) is 0.400. The fourth-order valence-electron chi connectivity index (χ4n) is 2.10. The number of H-pyrrole nitrogens is 1. The molecule has 0 atom stereocenters. The van der Waals surface area contributed by atoms with Crippen molar-refractivity contribution < 1.29 is 4.74 Å². The lowest BCUT2D eigenvalue weighted by molar-refractivity contribution is 0.317. The Morgan fingerprint density at radius 2 is 2.36 bits per heavy atom. The highest BCUT2D eigenvalue weighted by Crippen LogP contribution is 2.38. The first-order valence-electron chi connectivity index (χ1n) is 7.33. The van der Waals surface area contributed by atoms with Gasteiger partial charge in [-0.25, -0.2) is 0 Å². The molecule has 1 N–H and O–H groups in total. The van der Waals surface area contributed by atoms with Crippen molar-refractivity contribution in [2.45, 2.75) is 32.1 Å². The second kappa shape index (κ2) is 6.75. The Hall–Kier alpha value is -1.47. The Balaban J connectivity index is 1.90. The molecule has 1 aliphatic rings. The van der Waals surface area contributed by atoms with Gasteiger partial charge < -0.3 is 4.74 Å². The van der Waals surface area contributed by atoms with Crippen molar-refractivity contribution in [3.8, 4) is 5.75 Å². The van der Waals surface area contributed by atoms with Crippen LogP contribution in [-0.2, 0) is 0 Å². The maximum absolute atomic E-state index is 5.76. The van der Waals surface area contributed by atoms with E-state index >= 15 is 0 Å². The molecule has 0 aliphatic heterocycles. The largest absolute Gasteiger partial charge is 0.493 e. The highest BCUT2D eigenvalue weighted by atomic mass is 79.9. The van der Waals surface area contributed by atoms with Gasteiger partial charge in [0, 0.05) is 16.0 Å². The van der Waals surface area contributed by atoms with Gasteiger partial charge in [0.2, 0.25) is 4.77 Å². The van der Waals surface area contributed by atoms with Gasteiger partial charge in [0.1, 0.15) is 5.75 Å². The minimum absolute atomic E-state index is 0.475. The highest BCUT2D eigenvalue weighted by Gasteiger charge is 2.29. The molecule has 5 nitrogen and oxygen atoms in total. The van der Waals surface area contributed by atoms with Gasteiger partial charge in [0.05, 0.1) is 12.8 Å². The number of ether oxygens (including phenoxy) is 1. The molecule has 3 rings (SSSR count). The van der Waals surface area contributed by atoms with Gasteiger partial charge in [-0.15, -0.1) is 0 Å². The first kappa shape index (κ1) is 15.4. The first-order chi connectivity index (χ1) is 10.7. The average Bonchev–Trinajstić information content (AvgIpc) is 3.28. The topological polar surface area (TPSA) is 55.2 Å². The summed E-state index contributed by atoms with van der Waals surface area (Å²) in [5, 5.41) is 11.6. The van der Waals surface area contributed by atoms with Crippen molar-refractivity contribution in [3.63, 3.8) is 0 Å². The van der Waals surface area contributed by atoms with Gasteiger partial charge in [-0.05, 0) is 49.7 Å². The van der Waals surface area contributed by atoms with Crippen LogP contribution in [-0.4, -0.2) is 27.7 Å². The third-order valence-corrected chi connectivity index (χ3v) is 4.12. The highest BCUT2D eigenvalue weighted by molar-refractivity contribution is 9.10. The number of hydrogen-bond acceptors (Lipinski definition) is 4. The Bertz CT molecular complexity index is 748. The second-order valence-electron chi connectivity index (χ2n) is 5.25. The number of benzene rings is 1. The normalized spacial score (nSPS) is 14.6. The zero-order chi connectivity index (χ0) is 15.5. The number of hydrogen-bond donors (Lipinski definition) is 1. The summed E-state index contributed by atoms with van der Waals surface area (Å²) in [6.07, 6.45) is 5.03. The number of aromatic amines is 1. The van der Waals surface area contributed by atoms with Gasteiger partial charge in [-0.3, -0.25) is 5.10 Å². The van der Waals surface area contributed by atoms with Crippen LogP contribution >= 0.6 is 28.1 Å². The summed E-state index contributed by atoms with van der Waals surface area (Å²) in [5.41, 5.74) is 0.910. The molecule has 0 radical (unpaired) electrons. The molecule has 7 heteroatoms. The van der Waals surface area contributed by atoms with Gasteiger partial charge in [-0.2, -0.15) is 14.9 Å². The minimum atomic E-state index is 0.475. The summed E-state index contributed by atoms with van der Waals surface area (Å²) in [4.78, 5) is 0. The zero-order valence-electron chi connectivity index (χ0n) is 12.3. The van der Waals surface area contributed by atoms with E-state index in [0.29, 0.717) is 17.3 Å². The molecule has 0 amide bonds. The lowest BCUT2D eigenvalue weighted by Gasteiger charge is -2.08. The summed E-state index contributed by atoms with van der Waals surface area (Å²) < 4.78 is 8.97. The molecule has 0 saturated heterocycles. The SMILES string of the molecule is CCCOc1ccc(Br)cc1/C=N\n1c(C2CC2)n[nH]c1=S. The van der Waals surface area contributed by atoms with Crippen LogP contribution in [0.4, 0.5) is 0 Å². The molecule has 22 heavy (non-hydrogen) atoms. The molecule has 1 aliphatic carbocycles. The molecule has 0 spiro atoms. The van der Waals surface area contributed by atoms with E-state index in [-0.39, 0.29) is 0 Å². The number of halogens is 1. The second-order valence-corrected chi connectivity index (χ2v) is 6.55. The predicted molar refractivity (Wildman–Crippen MR) is 92.3 cm³/mol. The lowest BCUT2D eigenvalue weighted by Crippen LogP contribution is -2.01. The first-order valence-corrected chi connectivity index (χ1v) is 8.53. The average molecular weight is 381 g/mol.